The number of nitrogens with one attached hydrogen (secondary N) is 2. The van der Waals surface area contributed by atoms with E-state index in [2.05, 4.69) is 49.6 Å². The topological polar surface area (TPSA) is 50.4 Å². The van der Waals surface area contributed by atoms with Gasteiger partial charge in [-0.1, -0.05) is 29.3 Å². The van der Waals surface area contributed by atoms with Crippen molar-refractivity contribution in [3.63, 3.8) is 0 Å². The highest BCUT2D eigenvalue weighted by molar-refractivity contribution is 5.85. The molecule has 0 aromatic heterocycles. The van der Waals surface area contributed by atoms with E-state index >= 15 is 0 Å². The van der Waals surface area contributed by atoms with Gasteiger partial charge in [0.1, 0.15) is 5.60 Å². The Balaban J connectivity index is 1.98. The second-order valence-corrected chi connectivity index (χ2v) is 6.52. The van der Waals surface area contributed by atoms with Crippen molar-refractivity contribution in [3.05, 3.63) is 34.9 Å². The molecule has 0 radical (unpaired) electrons. The van der Waals surface area contributed by atoms with Gasteiger partial charge in [0.05, 0.1) is 0 Å². The summed E-state index contributed by atoms with van der Waals surface area (Å²) in [4.78, 5) is 12.6. The third kappa shape index (κ3) is 4.08. The Morgan fingerprint density at radius 2 is 1.86 bits per heavy atom. The molecular formula is C18H28N2O2. The molecule has 0 aliphatic carbocycles. The molecule has 0 saturated carbocycles. The lowest BCUT2D eigenvalue weighted by Gasteiger charge is -2.35. The molecule has 1 aromatic carbocycles. The van der Waals surface area contributed by atoms with Crippen molar-refractivity contribution >= 4 is 5.91 Å². The molecule has 1 atom stereocenters. The average molecular weight is 304 g/mol. The molecule has 1 heterocycles. The lowest BCUT2D eigenvalue weighted by Crippen LogP contribution is -2.55. The number of carbonyl (C=O) groups is 1. The van der Waals surface area contributed by atoms with Crippen molar-refractivity contribution in [2.24, 2.45) is 0 Å². The smallest absolute Gasteiger partial charge is 0.252 e. The van der Waals surface area contributed by atoms with E-state index in [-0.39, 0.29) is 11.9 Å². The van der Waals surface area contributed by atoms with E-state index in [1.54, 1.807) is 7.11 Å². The van der Waals surface area contributed by atoms with Gasteiger partial charge in [-0.25, -0.2) is 0 Å². The van der Waals surface area contributed by atoms with Crippen LogP contribution in [0.1, 0.15) is 36.5 Å². The number of aryl methyl sites for hydroxylation is 2. The van der Waals surface area contributed by atoms with Gasteiger partial charge in [0.15, 0.2) is 0 Å². The van der Waals surface area contributed by atoms with Crippen LogP contribution in [0, 0.1) is 13.8 Å². The van der Waals surface area contributed by atoms with E-state index in [1.807, 2.05) is 0 Å². The minimum absolute atomic E-state index is 0.0216. The van der Waals surface area contributed by atoms with Crippen molar-refractivity contribution in [2.75, 3.05) is 20.2 Å². The first-order valence-corrected chi connectivity index (χ1v) is 8.09. The zero-order valence-corrected chi connectivity index (χ0v) is 14.2. The van der Waals surface area contributed by atoms with Crippen LogP contribution >= 0.6 is 0 Å². The molecule has 1 aliphatic heterocycles. The lowest BCUT2D eigenvalue weighted by molar-refractivity contribution is -0.147. The van der Waals surface area contributed by atoms with E-state index in [1.165, 1.54) is 16.7 Å². The van der Waals surface area contributed by atoms with Crippen LogP contribution in [0.3, 0.4) is 0 Å². The van der Waals surface area contributed by atoms with Crippen LogP contribution in [0.2, 0.25) is 0 Å². The monoisotopic (exact) mass is 304 g/mol. The highest BCUT2D eigenvalue weighted by Crippen LogP contribution is 2.23. The summed E-state index contributed by atoms with van der Waals surface area (Å²) in [5.41, 5.74) is 3.13. The van der Waals surface area contributed by atoms with E-state index in [0.29, 0.717) is 0 Å². The van der Waals surface area contributed by atoms with Crippen LogP contribution in [0.4, 0.5) is 0 Å². The molecule has 1 unspecified atom stereocenters. The van der Waals surface area contributed by atoms with Crippen LogP contribution < -0.4 is 10.6 Å². The molecule has 4 heteroatoms. The molecule has 122 valence electrons. The van der Waals surface area contributed by atoms with Crippen LogP contribution in [0.5, 0.6) is 0 Å². The zero-order valence-electron chi connectivity index (χ0n) is 14.2. The second kappa shape index (κ2) is 7.25. The van der Waals surface area contributed by atoms with Gasteiger partial charge >= 0.3 is 0 Å². The normalized spacial score (nSPS) is 18.7. The molecule has 1 amide bonds. The first-order valence-electron chi connectivity index (χ1n) is 8.09. The molecule has 22 heavy (non-hydrogen) atoms. The van der Waals surface area contributed by atoms with Gasteiger partial charge in [0.2, 0.25) is 0 Å². The van der Waals surface area contributed by atoms with Gasteiger partial charge in [0, 0.05) is 13.2 Å². The summed E-state index contributed by atoms with van der Waals surface area (Å²) in [7, 11) is 1.64. The second-order valence-electron chi connectivity index (χ2n) is 6.52. The summed E-state index contributed by atoms with van der Waals surface area (Å²) in [6.45, 7) is 7.92. The highest BCUT2D eigenvalue weighted by Gasteiger charge is 2.39. The first kappa shape index (κ1) is 17.0. The summed E-state index contributed by atoms with van der Waals surface area (Å²) in [6.07, 6.45) is 2.30. The standard InChI is InChI=1S/C18H28N2O2/c1-13-9-14(2)11-16(10-13)12-15(3)20-17(21)18(22-4)5-7-19-8-6-18/h9-11,15,19H,5-8,12H2,1-4H3,(H,20,21). The SMILES string of the molecule is COC1(C(=O)NC(C)Cc2cc(C)cc(C)c2)CCNCC1. The Morgan fingerprint density at radius 3 is 2.41 bits per heavy atom. The van der Waals surface area contributed by atoms with Crippen LogP contribution in [0.15, 0.2) is 18.2 Å². The largest absolute Gasteiger partial charge is 0.368 e. The van der Waals surface area contributed by atoms with E-state index < -0.39 is 5.60 Å². The van der Waals surface area contributed by atoms with Crippen LogP contribution in [0.25, 0.3) is 0 Å². The summed E-state index contributed by atoms with van der Waals surface area (Å²) in [5, 5.41) is 6.41. The fourth-order valence-electron chi connectivity index (χ4n) is 3.30. The lowest BCUT2D eigenvalue weighted by atomic mass is 9.90. The number of rotatable bonds is 5. The van der Waals surface area contributed by atoms with Crippen molar-refractivity contribution in [2.45, 2.75) is 51.7 Å². The Morgan fingerprint density at radius 1 is 1.27 bits per heavy atom. The Labute approximate surface area is 133 Å². The maximum Gasteiger partial charge on any atom is 0.252 e. The van der Waals surface area contributed by atoms with Gasteiger partial charge < -0.3 is 15.4 Å². The molecule has 0 bridgehead atoms. The van der Waals surface area contributed by atoms with Gasteiger partial charge in [-0.05, 0) is 58.7 Å². The number of amides is 1. The third-order valence-electron chi connectivity index (χ3n) is 4.42. The number of methoxy groups -OCH3 is 1. The van der Waals surface area contributed by atoms with Gasteiger partial charge in [-0.15, -0.1) is 0 Å². The third-order valence-corrected chi connectivity index (χ3v) is 4.42. The minimum atomic E-state index is -0.665. The molecule has 1 saturated heterocycles. The maximum absolute atomic E-state index is 12.6. The van der Waals surface area contributed by atoms with E-state index in [4.69, 9.17) is 4.74 Å². The molecule has 1 fully saturated rings. The van der Waals surface area contributed by atoms with Gasteiger partial charge in [-0.2, -0.15) is 0 Å². The summed E-state index contributed by atoms with van der Waals surface area (Å²) in [5.74, 6) is 0.0216. The Kier molecular flexibility index (Phi) is 5.59. The highest BCUT2D eigenvalue weighted by atomic mass is 16.5. The molecule has 0 spiro atoms. The Bertz CT molecular complexity index is 502. The van der Waals surface area contributed by atoms with Crippen molar-refractivity contribution in [3.8, 4) is 0 Å². The molecule has 2 N–H and O–H groups in total. The number of ether oxygens (including phenoxy) is 1. The quantitative estimate of drug-likeness (QED) is 0.876. The summed E-state index contributed by atoms with van der Waals surface area (Å²) < 4.78 is 5.58. The predicted octanol–water partition coefficient (Wildman–Crippen LogP) is 2.12. The number of hydrogen-bond acceptors (Lipinski definition) is 3. The number of hydrogen-bond donors (Lipinski definition) is 2. The fourth-order valence-corrected chi connectivity index (χ4v) is 3.30. The number of piperidine rings is 1. The fraction of sp³-hybridized carbons (Fsp3) is 0.611. The number of carbonyl (C=O) groups excluding carboxylic acids is 1. The van der Waals surface area contributed by atoms with Crippen molar-refractivity contribution in [1.29, 1.82) is 0 Å². The predicted molar refractivity (Wildman–Crippen MR) is 89.1 cm³/mol. The molecule has 4 nitrogen and oxygen atoms in total. The van der Waals surface area contributed by atoms with Crippen molar-refractivity contribution < 1.29 is 9.53 Å². The molecular weight excluding hydrogens is 276 g/mol. The minimum Gasteiger partial charge on any atom is -0.368 e. The maximum atomic E-state index is 12.6. The first-order chi connectivity index (χ1) is 10.4. The Hall–Kier alpha value is -1.39. The summed E-state index contributed by atoms with van der Waals surface area (Å²) in [6, 6.07) is 6.64. The molecule has 2 rings (SSSR count). The van der Waals surface area contributed by atoms with E-state index in [9.17, 15) is 4.79 Å². The van der Waals surface area contributed by atoms with Gasteiger partial charge in [-0.3, -0.25) is 4.79 Å². The average Bonchev–Trinajstić information content (AvgIpc) is 2.46. The van der Waals surface area contributed by atoms with Gasteiger partial charge in [0.25, 0.3) is 5.91 Å². The van der Waals surface area contributed by atoms with Crippen molar-refractivity contribution in [1.82, 2.24) is 10.6 Å². The molecule has 1 aliphatic rings. The molecule has 1 aromatic rings. The van der Waals surface area contributed by atoms with E-state index in [0.717, 1.165) is 32.4 Å². The number of benzene rings is 1. The zero-order chi connectivity index (χ0) is 16.2. The van der Waals surface area contributed by atoms with Crippen LogP contribution in [-0.4, -0.2) is 37.7 Å². The summed E-state index contributed by atoms with van der Waals surface area (Å²) >= 11 is 0. The van der Waals surface area contributed by atoms with Crippen LogP contribution in [-0.2, 0) is 16.0 Å².